The molecule has 0 unspecified atom stereocenters. The van der Waals surface area contributed by atoms with Gasteiger partial charge >= 0.3 is 0 Å². The van der Waals surface area contributed by atoms with Gasteiger partial charge in [-0.25, -0.2) is 15.0 Å². The van der Waals surface area contributed by atoms with E-state index < -0.39 is 0 Å². The first-order valence-electron chi connectivity index (χ1n) is 19.6. The van der Waals surface area contributed by atoms with Crippen molar-refractivity contribution < 1.29 is 0 Å². The van der Waals surface area contributed by atoms with Gasteiger partial charge in [-0.05, 0) is 83.6 Å². The number of hydrogen-bond acceptors (Lipinski definition) is 3. The highest BCUT2D eigenvalue weighted by atomic mass is 15.0. The summed E-state index contributed by atoms with van der Waals surface area (Å²) >= 11 is 0. The number of benzene rings is 9. The summed E-state index contributed by atoms with van der Waals surface area (Å²) < 4.78 is 0. The molecule has 0 bridgehead atoms. The van der Waals surface area contributed by atoms with Crippen LogP contribution in [0.5, 0.6) is 0 Å². The molecule has 3 heteroatoms. The van der Waals surface area contributed by atoms with Crippen LogP contribution in [0.2, 0.25) is 0 Å². The zero-order valence-corrected chi connectivity index (χ0v) is 31.7. The average molecular weight is 728 g/mol. The third-order valence-corrected chi connectivity index (χ3v) is 11.9. The molecule has 1 heterocycles. The molecule has 1 aliphatic rings. The van der Waals surface area contributed by atoms with Gasteiger partial charge in [-0.15, -0.1) is 0 Å². The van der Waals surface area contributed by atoms with Crippen LogP contribution in [0.4, 0.5) is 0 Å². The predicted octanol–water partition coefficient (Wildman–Crippen LogP) is 14.0. The molecule has 0 fully saturated rings. The van der Waals surface area contributed by atoms with E-state index in [4.69, 9.17) is 15.0 Å². The van der Waals surface area contributed by atoms with Gasteiger partial charge in [0.2, 0.25) is 0 Å². The number of nitrogens with zero attached hydrogens (tertiary/aromatic N) is 3. The molecular formula is C54H37N3. The van der Waals surface area contributed by atoms with Crippen LogP contribution in [-0.4, -0.2) is 15.0 Å². The van der Waals surface area contributed by atoms with Crippen LogP contribution in [0, 0.1) is 0 Å². The van der Waals surface area contributed by atoms with Crippen molar-refractivity contribution in [2.75, 3.05) is 0 Å². The average Bonchev–Trinajstić information content (AvgIpc) is 3.51. The second kappa shape index (κ2) is 12.9. The van der Waals surface area contributed by atoms with Gasteiger partial charge < -0.3 is 0 Å². The van der Waals surface area contributed by atoms with E-state index in [0.717, 1.165) is 27.6 Å². The van der Waals surface area contributed by atoms with Crippen LogP contribution < -0.4 is 0 Å². The van der Waals surface area contributed by atoms with Crippen molar-refractivity contribution in [3.05, 3.63) is 199 Å². The van der Waals surface area contributed by atoms with Crippen molar-refractivity contribution >= 4 is 32.3 Å². The lowest BCUT2D eigenvalue weighted by atomic mass is 9.81. The molecule has 0 atom stereocenters. The molecule has 3 nitrogen and oxygen atoms in total. The van der Waals surface area contributed by atoms with Crippen molar-refractivity contribution in [3.63, 3.8) is 0 Å². The minimum atomic E-state index is -0.0669. The zero-order chi connectivity index (χ0) is 38.1. The fraction of sp³-hybridized carbons (Fsp3) is 0.0556. The fourth-order valence-electron chi connectivity index (χ4n) is 9.04. The maximum absolute atomic E-state index is 5.25. The van der Waals surface area contributed by atoms with Crippen molar-refractivity contribution in [1.29, 1.82) is 0 Å². The Kier molecular flexibility index (Phi) is 7.52. The monoisotopic (exact) mass is 727 g/mol. The van der Waals surface area contributed by atoms with Crippen LogP contribution in [0.25, 0.3) is 99.9 Å². The summed E-state index contributed by atoms with van der Waals surface area (Å²) in [4.78, 5) is 15.5. The van der Waals surface area contributed by atoms with Crippen LogP contribution in [-0.2, 0) is 5.41 Å². The second-order valence-corrected chi connectivity index (χ2v) is 15.6. The summed E-state index contributed by atoms with van der Waals surface area (Å²) in [6.07, 6.45) is 0. The first-order chi connectivity index (χ1) is 28.0. The number of hydrogen-bond donors (Lipinski definition) is 0. The van der Waals surface area contributed by atoms with Crippen LogP contribution in [0.15, 0.2) is 188 Å². The lowest BCUT2D eigenvalue weighted by Crippen LogP contribution is -2.14. The molecule has 11 rings (SSSR count). The molecule has 1 aliphatic carbocycles. The Morgan fingerprint density at radius 2 is 0.772 bits per heavy atom. The third kappa shape index (κ3) is 5.38. The minimum absolute atomic E-state index is 0.0669. The SMILES string of the molecule is CC1(C)c2ccccc2-c2ccc(-c3ccc4c(c3)c3ccccc3c3cccc(-c5nc(-c6ccccc6)nc(-c6ccc(-c7ccccc7)cc6)n5)c34)cc21. The molecule has 1 aromatic heterocycles. The summed E-state index contributed by atoms with van der Waals surface area (Å²) in [6.45, 7) is 4.69. The first kappa shape index (κ1) is 33.1. The summed E-state index contributed by atoms with van der Waals surface area (Å²) in [5.74, 6) is 1.94. The highest BCUT2D eigenvalue weighted by Gasteiger charge is 2.35. The lowest BCUT2D eigenvalue weighted by molar-refractivity contribution is 0.660. The normalized spacial score (nSPS) is 12.9. The number of fused-ring (bicyclic) bond motifs is 9. The number of rotatable bonds is 5. The molecule has 0 N–H and O–H groups in total. The lowest BCUT2D eigenvalue weighted by Gasteiger charge is -2.22. The van der Waals surface area contributed by atoms with Gasteiger partial charge in [-0.2, -0.15) is 0 Å². The van der Waals surface area contributed by atoms with Gasteiger partial charge in [0.15, 0.2) is 17.5 Å². The molecule has 57 heavy (non-hydrogen) atoms. The van der Waals surface area contributed by atoms with Crippen LogP contribution >= 0.6 is 0 Å². The van der Waals surface area contributed by atoms with Gasteiger partial charge in [0.1, 0.15) is 0 Å². The largest absolute Gasteiger partial charge is 0.208 e. The highest BCUT2D eigenvalue weighted by Crippen LogP contribution is 2.50. The van der Waals surface area contributed by atoms with Crippen LogP contribution in [0.1, 0.15) is 25.0 Å². The molecule has 0 amide bonds. The van der Waals surface area contributed by atoms with Gasteiger partial charge in [-0.3, -0.25) is 0 Å². The molecule has 0 aliphatic heterocycles. The zero-order valence-electron chi connectivity index (χ0n) is 31.7. The van der Waals surface area contributed by atoms with E-state index in [9.17, 15) is 0 Å². The van der Waals surface area contributed by atoms with Gasteiger partial charge in [0, 0.05) is 27.5 Å². The second-order valence-electron chi connectivity index (χ2n) is 15.6. The van der Waals surface area contributed by atoms with E-state index in [-0.39, 0.29) is 5.41 Å². The number of aromatic nitrogens is 3. The van der Waals surface area contributed by atoms with Crippen molar-refractivity contribution in [1.82, 2.24) is 15.0 Å². The van der Waals surface area contributed by atoms with E-state index in [1.54, 1.807) is 0 Å². The molecule has 0 saturated heterocycles. The molecule has 0 radical (unpaired) electrons. The third-order valence-electron chi connectivity index (χ3n) is 11.9. The van der Waals surface area contributed by atoms with Crippen molar-refractivity contribution in [2.45, 2.75) is 19.3 Å². The Morgan fingerprint density at radius 1 is 0.298 bits per heavy atom. The Morgan fingerprint density at radius 3 is 1.53 bits per heavy atom. The Labute approximate surface area is 332 Å². The summed E-state index contributed by atoms with van der Waals surface area (Å²) in [7, 11) is 0. The quantitative estimate of drug-likeness (QED) is 0.166. The molecular weight excluding hydrogens is 691 g/mol. The molecule has 0 spiro atoms. The Balaban J connectivity index is 1.11. The molecule has 268 valence electrons. The van der Waals surface area contributed by atoms with Crippen molar-refractivity contribution in [3.8, 4) is 67.5 Å². The topological polar surface area (TPSA) is 38.7 Å². The van der Waals surface area contributed by atoms with E-state index in [2.05, 4.69) is 178 Å². The minimum Gasteiger partial charge on any atom is -0.208 e. The maximum atomic E-state index is 5.25. The maximum Gasteiger partial charge on any atom is 0.164 e. The van der Waals surface area contributed by atoms with Gasteiger partial charge in [-0.1, -0.05) is 190 Å². The Bertz CT molecular complexity index is 3180. The van der Waals surface area contributed by atoms with E-state index in [1.807, 2.05) is 24.3 Å². The molecule has 0 saturated carbocycles. The van der Waals surface area contributed by atoms with E-state index in [0.29, 0.717) is 17.5 Å². The van der Waals surface area contributed by atoms with Crippen LogP contribution in [0.3, 0.4) is 0 Å². The fourth-order valence-corrected chi connectivity index (χ4v) is 9.04. The summed E-state index contributed by atoms with van der Waals surface area (Å²) in [6, 6.07) is 67.3. The van der Waals surface area contributed by atoms with Gasteiger partial charge in [0.05, 0.1) is 0 Å². The summed E-state index contributed by atoms with van der Waals surface area (Å²) in [5.41, 5.74) is 13.0. The van der Waals surface area contributed by atoms with E-state index in [1.165, 1.54) is 65.9 Å². The standard InChI is InChI=1S/C54H37N3/c1-54(2)48-23-12-11-20-42(48)43-30-28-39(33-49(43)54)38-29-31-45-47(32-38)41-19-10-9-18-40(41)44-21-13-22-46(50(44)45)53-56-51(36-16-7-4-8-17-36)55-52(57-53)37-26-24-35(25-27-37)34-14-5-3-6-15-34/h3-33H,1-2H3. The molecule has 9 aromatic carbocycles. The molecule has 10 aromatic rings. The first-order valence-corrected chi connectivity index (χ1v) is 19.6. The highest BCUT2D eigenvalue weighted by molar-refractivity contribution is 6.28. The smallest absolute Gasteiger partial charge is 0.164 e. The summed E-state index contributed by atoms with van der Waals surface area (Å²) in [5, 5.41) is 7.13. The van der Waals surface area contributed by atoms with Crippen molar-refractivity contribution in [2.24, 2.45) is 0 Å². The van der Waals surface area contributed by atoms with Gasteiger partial charge in [0.25, 0.3) is 0 Å². The Hall–Kier alpha value is -7.23. The van der Waals surface area contributed by atoms with E-state index >= 15 is 0 Å². The predicted molar refractivity (Wildman–Crippen MR) is 237 cm³/mol.